The Kier molecular flexibility index (Phi) is 3.87. The third-order valence-corrected chi connectivity index (χ3v) is 3.47. The van der Waals surface area contributed by atoms with Crippen LogP contribution in [0.25, 0.3) is 0 Å². The average molecular weight is 245 g/mol. The highest BCUT2D eigenvalue weighted by molar-refractivity contribution is 5.29. The number of hydrogen-bond donors (Lipinski definition) is 1. The maximum Gasteiger partial charge on any atom is 0.416 e. The first-order valence-electron chi connectivity index (χ1n) is 5.66. The van der Waals surface area contributed by atoms with Gasteiger partial charge in [-0.2, -0.15) is 13.2 Å². The highest BCUT2D eigenvalue weighted by atomic mass is 19.4. The predicted molar refractivity (Wildman–Crippen MR) is 62.4 cm³/mol. The van der Waals surface area contributed by atoms with E-state index in [4.69, 9.17) is 5.73 Å². The van der Waals surface area contributed by atoms with Gasteiger partial charge < -0.3 is 5.73 Å². The van der Waals surface area contributed by atoms with Gasteiger partial charge in [0.25, 0.3) is 0 Å². The lowest BCUT2D eigenvalue weighted by atomic mass is 9.80. The number of alkyl halides is 3. The van der Waals surface area contributed by atoms with Crippen LogP contribution in [0.15, 0.2) is 24.3 Å². The van der Waals surface area contributed by atoms with Crippen LogP contribution < -0.4 is 5.73 Å². The second-order valence-corrected chi connectivity index (χ2v) is 4.67. The van der Waals surface area contributed by atoms with Crippen LogP contribution in [0.4, 0.5) is 13.2 Å². The van der Waals surface area contributed by atoms with E-state index in [1.807, 2.05) is 20.8 Å². The molecule has 0 saturated heterocycles. The van der Waals surface area contributed by atoms with Crippen molar-refractivity contribution in [3.05, 3.63) is 35.4 Å². The van der Waals surface area contributed by atoms with E-state index in [0.29, 0.717) is 0 Å². The van der Waals surface area contributed by atoms with Crippen molar-refractivity contribution < 1.29 is 13.2 Å². The van der Waals surface area contributed by atoms with Gasteiger partial charge in [0.05, 0.1) is 5.56 Å². The van der Waals surface area contributed by atoms with Gasteiger partial charge in [-0.3, -0.25) is 0 Å². The number of hydrogen-bond acceptors (Lipinski definition) is 1. The zero-order chi connectivity index (χ0) is 13.3. The van der Waals surface area contributed by atoms with Gasteiger partial charge in [-0.25, -0.2) is 0 Å². The average Bonchev–Trinajstić information content (AvgIpc) is 2.27. The van der Waals surface area contributed by atoms with Crippen LogP contribution in [0.5, 0.6) is 0 Å². The molecule has 1 aromatic rings. The third kappa shape index (κ3) is 3.00. The Labute approximate surface area is 99.8 Å². The summed E-state index contributed by atoms with van der Waals surface area (Å²) >= 11 is 0. The zero-order valence-corrected chi connectivity index (χ0v) is 10.3. The molecule has 0 amide bonds. The van der Waals surface area contributed by atoms with Gasteiger partial charge in [0.15, 0.2) is 0 Å². The summed E-state index contributed by atoms with van der Waals surface area (Å²) in [5, 5.41) is 0. The Morgan fingerprint density at radius 1 is 1.12 bits per heavy atom. The SMILES string of the molecule is CCC(C)C(C)(N)c1ccc(C(F)(F)F)cc1. The first-order valence-corrected chi connectivity index (χ1v) is 5.66. The summed E-state index contributed by atoms with van der Waals surface area (Å²) in [6.07, 6.45) is -3.41. The molecule has 0 aliphatic carbocycles. The standard InChI is InChI=1S/C13H18F3N/c1-4-9(2)12(3,17)10-5-7-11(8-6-10)13(14,15)16/h5-9H,4,17H2,1-3H3. The van der Waals surface area contributed by atoms with E-state index in [0.717, 1.165) is 24.1 Å². The molecule has 96 valence electrons. The molecule has 1 nitrogen and oxygen atoms in total. The second kappa shape index (κ2) is 4.69. The van der Waals surface area contributed by atoms with E-state index < -0.39 is 17.3 Å². The summed E-state index contributed by atoms with van der Waals surface area (Å²) in [6.45, 7) is 5.86. The summed E-state index contributed by atoms with van der Waals surface area (Å²) in [6, 6.07) is 5.11. The molecule has 4 heteroatoms. The monoisotopic (exact) mass is 245 g/mol. The van der Waals surface area contributed by atoms with Gasteiger partial charge in [0.1, 0.15) is 0 Å². The Morgan fingerprint density at radius 3 is 1.88 bits per heavy atom. The summed E-state index contributed by atoms with van der Waals surface area (Å²) in [5.74, 6) is 0.208. The lowest BCUT2D eigenvalue weighted by Gasteiger charge is -2.31. The van der Waals surface area contributed by atoms with Gasteiger partial charge in [-0.1, -0.05) is 32.4 Å². The molecule has 0 bridgehead atoms. The third-order valence-electron chi connectivity index (χ3n) is 3.47. The topological polar surface area (TPSA) is 26.0 Å². The van der Waals surface area contributed by atoms with E-state index in [1.54, 1.807) is 0 Å². The zero-order valence-electron chi connectivity index (χ0n) is 10.3. The minimum atomic E-state index is -4.29. The Bertz CT molecular complexity index is 365. The molecule has 1 rings (SSSR count). The predicted octanol–water partition coefficient (Wildman–Crippen LogP) is 3.93. The van der Waals surface area contributed by atoms with Crippen molar-refractivity contribution in [2.75, 3.05) is 0 Å². The fourth-order valence-electron chi connectivity index (χ4n) is 1.73. The van der Waals surface area contributed by atoms with E-state index >= 15 is 0 Å². The fourth-order valence-corrected chi connectivity index (χ4v) is 1.73. The van der Waals surface area contributed by atoms with Gasteiger partial charge >= 0.3 is 6.18 Å². The van der Waals surface area contributed by atoms with Gasteiger partial charge in [0.2, 0.25) is 0 Å². The molecule has 0 aromatic heterocycles. The van der Waals surface area contributed by atoms with Crippen molar-refractivity contribution in [1.82, 2.24) is 0 Å². The van der Waals surface area contributed by atoms with Crippen LogP contribution in [-0.2, 0) is 11.7 Å². The first-order chi connectivity index (χ1) is 7.69. The van der Waals surface area contributed by atoms with E-state index in [9.17, 15) is 13.2 Å². The number of halogens is 3. The van der Waals surface area contributed by atoms with Crippen LogP contribution >= 0.6 is 0 Å². The van der Waals surface area contributed by atoms with Crippen molar-refractivity contribution >= 4 is 0 Å². The van der Waals surface area contributed by atoms with Gasteiger partial charge in [-0.05, 0) is 30.5 Å². The minimum absolute atomic E-state index is 0.208. The van der Waals surface area contributed by atoms with Gasteiger partial charge in [-0.15, -0.1) is 0 Å². The molecule has 0 spiro atoms. The molecule has 0 fully saturated rings. The fraction of sp³-hybridized carbons (Fsp3) is 0.538. The van der Waals surface area contributed by atoms with E-state index in [2.05, 4.69) is 0 Å². The Balaban J connectivity index is 3.03. The van der Waals surface area contributed by atoms with E-state index in [-0.39, 0.29) is 5.92 Å². The van der Waals surface area contributed by atoms with Crippen molar-refractivity contribution in [1.29, 1.82) is 0 Å². The minimum Gasteiger partial charge on any atom is -0.321 e. The summed E-state index contributed by atoms with van der Waals surface area (Å²) in [7, 11) is 0. The van der Waals surface area contributed by atoms with Crippen LogP contribution in [0.2, 0.25) is 0 Å². The maximum atomic E-state index is 12.4. The lowest BCUT2D eigenvalue weighted by molar-refractivity contribution is -0.137. The van der Waals surface area contributed by atoms with Crippen molar-refractivity contribution in [2.24, 2.45) is 11.7 Å². The molecule has 0 aliphatic rings. The molecule has 17 heavy (non-hydrogen) atoms. The highest BCUT2D eigenvalue weighted by Gasteiger charge is 2.32. The molecule has 0 radical (unpaired) electrons. The molecule has 2 N–H and O–H groups in total. The van der Waals surface area contributed by atoms with Crippen LogP contribution in [0, 0.1) is 5.92 Å². The molecular formula is C13H18F3N. The quantitative estimate of drug-likeness (QED) is 0.858. The van der Waals surface area contributed by atoms with E-state index in [1.165, 1.54) is 12.1 Å². The lowest BCUT2D eigenvalue weighted by Crippen LogP contribution is -2.39. The first kappa shape index (κ1) is 14.0. The Morgan fingerprint density at radius 2 is 1.53 bits per heavy atom. The Hall–Kier alpha value is -1.03. The molecular weight excluding hydrogens is 227 g/mol. The van der Waals surface area contributed by atoms with Gasteiger partial charge in [0, 0.05) is 5.54 Å². The molecule has 0 aliphatic heterocycles. The summed E-state index contributed by atoms with van der Waals surface area (Å²) in [5.41, 5.74) is 5.67. The van der Waals surface area contributed by atoms with Crippen LogP contribution in [0.1, 0.15) is 38.3 Å². The van der Waals surface area contributed by atoms with Crippen LogP contribution in [0.3, 0.4) is 0 Å². The van der Waals surface area contributed by atoms with Crippen molar-refractivity contribution in [3.63, 3.8) is 0 Å². The molecule has 1 aromatic carbocycles. The summed E-state index contributed by atoms with van der Waals surface area (Å²) < 4.78 is 37.2. The molecule has 0 heterocycles. The van der Waals surface area contributed by atoms with Crippen LogP contribution in [-0.4, -0.2) is 0 Å². The maximum absolute atomic E-state index is 12.4. The molecule has 0 saturated carbocycles. The largest absolute Gasteiger partial charge is 0.416 e. The number of benzene rings is 1. The molecule has 2 atom stereocenters. The number of rotatable bonds is 3. The molecule has 2 unspecified atom stereocenters. The summed E-state index contributed by atoms with van der Waals surface area (Å²) in [4.78, 5) is 0. The normalized spacial score (nSPS) is 17.6. The highest BCUT2D eigenvalue weighted by Crippen LogP contribution is 2.33. The van der Waals surface area contributed by atoms with Crippen molar-refractivity contribution in [2.45, 2.75) is 38.9 Å². The number of nitrogens with two attached hydrogens (primary N) is 1. The smallest absolute Gasteiger partial charge is 0.321 e. The second-order valence-electron chi connectivity index (χ2n) is 4.67. The van der Waals surface area contributed by atoms with Crippen molar-refractivity contribution in [3.8, 4) is 0 Å².